The van der Waals surface area contributed by atoms with Gasteiger partial charge in [0.05, 0.1) is 13.4 Å². The summed E-state index contributed by atoms with van der Waals surface area (Å²) in [6.07, 6.45) is 2.07. The summed E-state index contributed by atoms with van der Waals surface area (Å²) in [5, 5.41) is 0.0531. The maximum absolute atomic E-state index is 11.7. The summed E-state index contributed by atoms with van der Waals surface area (Å²) in [5.41, 5.74) is 6.05. The van der Waals surface area contributed by atoms with Crippen molar-refractivity contribution in [2.24, 2.45) is 5.73 Å². The van der Waals surface area contributed by atoms with Crippen molar-refractivity contribution in [2.75, 3.05) is 25.1 Å². The largest absolute Gasteiger partial charge is 0.497 e. The molecule has 1 aromatic carbocycles. The van der Waals surface area contributed by atoms with Gasteiger partial charge in [0, 0.05) is 18.3 Å². The maximum atomic E-state index is 11.7. The van der Waals surface area contributed by atoms with E-state index in [1.54, 1.807) is 7.11 Å². The number of nitrogens with one attached hydrogen (secondary N) is 1. The molecule has 0 atom stereocenters. The van der Waals surface area contributed by atoms with Crippen LogP contribution >= 0.6 is 11.6 Å². The molecule has 0 aliphatic carbocycles. The number of nitrogens with zero attached hydrogens (tertiary/aromatic N) is 2. The maximum Gasteiger partial charge on any atom is 0.271 e. The molecule has 2 aromatic rings. The monoisotopic (exact) mass is 308 g/mol. The third-order valence-corrected chi connectivity index (χ3v) is 3.33. The molecule has 0 saturated heterocycles. The van der Waals surface area contributed by atoms with Crippen LogP contribution in [0.2, 0.25) is 5.02 Å². The van der Waals surface area contributed by atoms with Crippen LogP contribution in [0.1, 0.15) is 6.42 Å². The Morgan fingerprint density at radius 2 is 2.29 bits per heavy atom. The molecule has 2 rings (SSSR count). The fourth-order valence-electron chi connectivity index (χ4n) is 1.95. The summed E-state index contributed by atoms with van der Waals surface area (Å²) >= 11 is 6.08. The Balaban J connectivity index is 2.46. The molecule has 0 aliphatic rings. The molecule has 1 heterocycles. The summed E-state index contributed by atoms with van der Waals surface area (Å²) in [7, 11) is 1.60. The van der Waals surface area contributed by atoms with Crippen molar-refractivity contribution in [1.29, 1.82) is 0 Å². The van der Waals surface area contributed by atoms with Gasteiger partial charge in [-0.3, -0.25) is 4.79 Å². The molecule has 6 nitrogen and oxygen atoms in total. The van der Waals surface area contributed by atoms with Crippen molar-refractivity contribution in [3.63, 3.8) is 0 Å². The molecule has 0 bridgehead atoms. The van der Waals surface area contributed by atoms with Gasteiger partial charge in [-0.15, -0.1) is 0 Å². The lowest BCUT2D eigenvalue weighted by Crippen LogP contribution is -2.24. The van der Waals surface area contributed by atoms with Crippen LogP contribution in [0.3, 0.4) is 0 Å². The van der Waals surface area contributed by atoms with E-state index in [0.29, 0.717) is 24.7 Å². The average Bonchev–Trinajstić information content (AvgIpc) is 2.52. The van der Waals surface area contributed by atoms with Gasteiger partial charge >= 0.3 is 0 Å². The van der Waals surface area contributed by atoms with E-state index >= 15 is 0 Å². The van der Waals surface area contributed by atoms with Gasteiger partial charge in [-0.2, -0.15) is 0 Å². The minimum absolute atomic E-state index is 0.0531. The number of halogens is 1. The Morgan fingerprint density at radius 3 is 3.00 bits per heavy atom. The normalized spacial score (nSPS) is 10.4. The van der Waals surface area contributed by atoms with Crippen LogP contribution < -0.4 is 20.9 Å². The van der Waals surface area contributed by atoms with Crippen LogP contribution in [0.25, 0.3) is 0 Å². The molecule has 0 aliphatic heterocycles. The van der Waals surface area contributed by atoms with Crippen LogP contribution in [-0.2, 0) is 0 Å². The first kappa shape index (κ1) is 15.3. The van der Waals surface area contributed by atoms with Crippen LogP contribution in [0, 0.1) is 0 Å². The molecule has 0 radical (unpaired) electrons. The zero-order valence-electron chi connectivity index (χ0n) is 11.7. The average molecular weight is 309 g/mol. The summed E-state index contributed by atoms with van der Waals surface area (Å²) < 4.78 is 5.23. The van der Waals surface area contributed by atoms with E-state index in [-0.39, 0.29) is 10.6 Å². The van der Waals surface area contributed by atoms with Crippen LogP contribution in [0.15, 0.2) is 35.4 Å². The van der Waals surface area contributed by atoms with E-state index < -0.39 is 0 Å². The molecular formula is C14H17ClN4O2. The molecule has 21 heavy (non-hydrogen) atoms. The standard InChI is InChI=1S/C14H17ClN4O2/c1-21-11-5-2-4-10(8-11)19(7-3-6-16)13-12(15)14(20)18-9-17-13/h2,4-5,8-9H,3,6-7,16H2,1H3,(H,17,18,20). The Kier molecular flexibility index (Phi) is 5.19. The van der Waals surface area contributed by atoms with Gasteiger partial charge in [-0.05, 0) is 25.1 Å². The summed E-state index contributed by atoms with van der Waals surface area (Å²) in [6, 6.07) is 7.47. The van der Waals surface area contributed by atoms with Crippen molar-refractivity contribution in [1.82, 2.24) is 9.97 Å². The molecule has 0 unspecified atom stereocenters. The lowest BCUT2D eigenvalue weighted by atomic mass is 10.2. The van der Waals surface area contributed by atoms with E-state index in [2.05, 4.69) is 9.97 Å². The molecule has 7 heteroatoms. The highest BCUT2D eigenvalue weighted by Crippen LogP contribution is 2.29. The van der Waals surface area contributed by atoms with E-state index in [0.717, 1.165) is 12.1 Å². The van der Waals surface area contributed by atoms with E-state index in [1.165, 1.54) is 6.33 Å². The number of benzene rings is 1. The van der Waals surface area contributed by atoms with Gasteiger partial charge in [0.1, 0.15) is 10.8 Å². The molecule has 0 spiro atoms. The predicted molar refractivity (Wildman–Crippen MR) is 83.5 cm³/mol. The van der Waals surface area contributed by atoms with Crippen molar-refractivity contribution >= 4 is 23.1 Å². The second kappa shape index (κ2) is 7.10. The molecule has 0 fully saturated rings. The van der Waals surface area contributed by atoms with Gasteiger partial charge in [0.25, 0.3) is 5.56 Å². The van der Waals surface area contributed by atoms with Crippen LogP contribution in [-0.4, -0.2) is 30.2 Å². The quantitative estimate of drug-likeness (QED) is 0.851. The Labute approximate surface area is 127 Å². The molecule has 0 amide bonds. The van der Waals surface area contributed by atoms with Crippen molar-refractivity contribution in [3.8, 4) is 5.75 Å². The zero-order chi connectivity index (χ0) is 15.2. The molecule has 0 saturated carbocycles. The number of ether oxygens (including phenoxy) is 1. The highest BCUT2D eigenvalue weighted by Gasteiger charge is 2.16. The van der Waals surface area contributed by atoms with Gasteiger partial charge in [0.15, 0.2) is 5.82 Å². The lowest BCUT2D eigenvalue weighted by Gasteiger charge is -2.24. The molecular weight excluding hydrogens is 292 g/mol. The topological polar surface area (TPSA) is 84.2 Å². The molecule has 112 valence electrons. The van der Waals surface area contributed by atoms with Crippen molar-refractivity contribution in [2.45, 2.75) is 6.42 Å². The predicted octanol–water partition coefficient (Wildman–Crippen LogP) is 1.92. The van der Waals surface area contributed by atoms with Crippen molar-refractivity contribution in [3.05, 3.63) is 46.0 Å². The fraction of sp³-hybridized carbons (Fsp3) is 0.286. The number of aromatic nitrogens is 2. The summed E-state index contributed by atoms with van der Waals surface area (Å²) in [6.45, 7) is 1.13. The van der Waals surface area contributed by atoms with E-state index in [9.17, 15) is 4.79 Å². The second-order valence-electron chi connectivity index (χ2n) is 4.36. The van der Waals surface area contributed by atoms with Crippen LogP contribution in [0.4, 0.5) is 11.5 Å². The Hall–Kier alpha value is -2.05. The van der Waals surface area contributed by atoms with Crippen LogP contribution in [0.5, 0.6) is 5.75 Å². The SMILES string of the molecule is COc1cccc(N(CCCN)c2nc[nH]c(=O)c2Cl)c1. The third kappa shape index (κ3) is 3.53. The number of aromatic amines is 1. The van der Waals surface area contributed by atoms with Gasteiger partial charge in [-0.25, -0.2) is 4.98 Å². The number of methoxy groups -OCH3 is 1. The minimum Gasteiger partial charge on any atom is -0.497 e. The number of anilines is 2. The smallest absolute Gasteiger partial charge is 0.271 e. The van der Waals surface area contributed by atoms with E-state index in [1.807, 2.05) is 29.2 Å². The lowest BCUT2D eigenvalue weighted by molar-refractivity contribution is 0.415. The first-order valence-electron chi connectivity index (χ1n) is 6.52. The minimum atomic E-state index is -0.373. The number of hydrogen-bond acceptors (Lipinski definition) is 5. The van der Waals surface area contributed by atoms with Gasteiger partial charge in [0.2, 0.25) is 0 Å². The first-order chi connectivity index (χ1) is 10.2. The number of rotatable bonds is 6. The van der Waals surface area contributed by atoms with E-state index in [4.69, 9.17) is 22.1 Å². The Bertz CT molecular complexity index is 659. The number of hydrogen-bond donors (Lipinski definition) is 2. The third-order valence-electron chi connectivity index (χ3n) is 2.98. The summed E-state index contributed by atoms with van der Waals surface area (Å²) in [4.78, 5) is 20.2. The van der Waals surface area contributed by atoms with Crippen molar-refractivity contribution < 1.29 is 4.74 Å². The number of nitrogens with two attached hydrogens (primary N) is 1. The summed E-state index contributed by atoms with van der Waals surface area (Å²) in [5.74, 6) is 1.12. The second-order valence-corrected chi connectivity index (χ2v) is 4.74. The van der Waals surface area contributed by atoms with Gasteiger partial charge < -0.3 is 20.4 Å². The molecule has 1 aromatic heterocycles. The Morgan fingerprint density at radius 1 is 1.48 bits per heavy atom. The molecule has 3 N–H and O–H groups in total. The number of H-pyrrole nitrogens is 1. The van der Waals surface area contributed by atoms with Gasteiger partial charge in [-0.1, -0.05) is 17.7 Å². The highest BCUT2D eigenvalue weighted by atomic mass is 35.5. The first-order valence-corrected chi connectivity index (χ1v) is 6.90. The zero-order valence-corrected chi connectivity index (χ0v) is 12.4. The fourth-order valence-corrected chi connectivity index (χ4v) is 2.15. The highest BCUT2D eigenvalue weighted by molar-refractivity contribution is 6.32.